The van der Waals surface area contributed by atoms with Gasteiger partial charge in [0, 0.05) is 49.8 Å². The maximum absolute atomic E-state index is 12.6. The predicted octanol–water partition coefficient (Wildman–Crippen LogP) is 2.36. The van der Waals surface area contributed by atoms with Crippen LogP contribution in [-0.4, -0.2) is 34.2 Å². The molecule has 0 unspecified atom stereocenters. The topological polar surface area (TPSA) is 59.4 Å². The molecular formula is C20H22N2O3. The first kappa shape index (κ1) is 17.1. The molecule has 25 heavy (non-hydrogen) atoms. The summed E-state index contributed by atoms with van der Waals surface area (Å²) < 4.78 is 1.54. The van der Waals surface area contributed by atoms with Crippen LogP contribution in [0.5, 0.6) is 0 Å². The minimum Gasteiger partial charge on any atom is -0.342 e. The number of rotatable bonds is 5. The number of likely N-dealkylation sites (tertiary alicyclic amines) is 1. The smallest absolute Gasteiger partial charge is 0.250 e. The molecule has 5 heteroatoms. The molecule has 0 bridgehead atoms. The lowest BCUT2D eigenvalue weighted by atomic mass is 9.90. The summed E-state index contributed by atoms with van der Waals surface area (Å²) in [7, 11) is 0. The van der Waals surface area contributed by atoms with E-state index in [0.717, 1.165) is 12.8 Å². The molecule has 0 radical (unpaired) electrons. The van der Waals surface area contributed by atoms with Crippen LogP contribution in [0.3, 0.4) is 0 Å². The number of ketones is 1. The van der Waals surface area contributed by atoms with Crippen molar-refractivity contribution in [3.63, 3.8) is 0 Å². The molecule has 1 aliphatic heterocycles. The van der Waals surface area contributed by atoms with Gasteiger partial charge in [-0.25, -0.2) is 0 Å². The van der Waals surface area contributed by atoms with E-state index in [1.54, 1.807) is 23.2 Å². The Bertz CT molecular complexity index is 798. The fourth-order valence-electron chi connectivity index (χ4n) is 3.28. The third-order valence-electron chi connectivity index (χ3n) is 4.67. The Hall–Kier alpha value is -2.69. The number of benzene rings is 1. The Morgan fingerprint density at radius 3 is 2.56 bits per heavy atom. The number of aryl methyl sites for hydroxylation is 1. The van der Waals surface area contributed by atoms with Crippen molar-refractivity contribution in [2.24, 2.45) is 5.92 Å². The van der Waals surface area contributed by atoms with E-state index in [-0.39, 0.29) is 29.6 Å². The van der Waals surface area contributed by atoms with Crippen LogP contribution in [0.2, 0.25) is 0 Å². The van der Waals surface area contributed by atoms with Gasteiger partial charge in [0.15, 0.2) is 5.78 Å². The number of hydrogen-bond donors (Lipinski definition) is 0. The van der Waals surface area contributed by atoms with Gasteiger partial charge in [-0.05, 0) is 18.9 Å². The molecule has 1 aromatic heterocycles. The zero-order valence-corrected chi connectivity index (χ0v) is 14.1. The molecule has 0 spiro atoms. The Labute approximate surface area is 146 Å². The summed E-state index contributed by atoms with van der Waals surface area (Å²) in [6, 6.07) is 14.2. The molecule has 130 valence electrons. The first-order valence-electron chi connectivity index (χ1n) is 8.67. The maximum Gasteiger partial charge on any atom is 0.250 e. The van der Waals surface area contributed by atoms with Gasteiger partial charge >= 0.3 is 0 Å². The number of carbonyl (C=O) groups is 2. The zero-order chi connectivity index (χ0) is 17.6. The van der Waals surface area contributed by atoms with Gasteiger partial charge in [-0.3, -0.25) is 14.4 Å². The summed E-state index contributed by atoms with van der Waals surface area (Å²) in [6.07, 6.45) is 3.61. The van der Waals surface area contributed by atoms with Crippen LogP contribution in [0.15, 0.2) is 59.5 Å². The molecule has 0 saturated carbocycles. The van der Waals surface area contributed by atoms with Crippen molar-refractivity contribution in [2.45, 2.75) is 25.8 Å². The highest BCUT2D eigenvalue weighted by atomic mass is 16.2. The SMILES string of the molecule is O=C(c1ccccc1)[C@H]1CCCN(C(=O)CCn2ccccc2=O)C1. The van der Waals surface area contributed by atoms with Gasteiger partial charge in [0.2, 0.25) is 5.91 Å². The molecule has 1 saturated heterocycles. The van der Waals surface area contributed by atoms with Gasteiger partial charge in [0.25, 0.3) is 5.56 Å². The third kappa shape index (κ3) is 4.24. The average Bonchev–Trinajstić information content (AvgIpc) is 2.67. The van der Waals surface area contributed by atoms with E-state index in [2.05, 4.69) is 0 Å². The standard InChI is InChI=1S/C20H22N2O3/c23-18-10-4-5-12-21(18)14-11-19(24)22-13-6-9-17(15-22)20(25)16-7-2-1-3-8-16/h1-5,7-8,10,12,17H,6,9,11,13-15H2/t17-/m0/s1. The van der Waals surface area contributed by atoms with Gasteiger partial charge < -0.3 is 9.47 Å². The van der Waals surface area contributed by atoms with Crippen LogP contribution in [0.1, 0.15) is 29.6 Å². The Balaban J connectivity index is 1.59. The monoisotopic (exact) mass is 338 g/mol. The van der Waals surface area contributed by atoms with Crippen LogP contribution >= 0.6 is 0 Å². The molecule has 1 amide bonds. The molecule has 1 atom stereocenters. The minimum atomic E-state index is -0.139. The van der Waals surface area contributed by atoms with Crippen LogP contribution in [0, 0.1) is 5.92 Å². The molecule has 2 aromatic rings. The highest BCUT2D eigenvalue weighted by Gasteiger charge is 2.28. The highest BCUT2D eigenvalue weighted by Crippen LogP contribution is 2.21. The van der Waals surface area contributed by atoms with Crippen molar-refractivity contribution in [1.29, 1.82) is 0 Å². The van der Waals surface area contributed by atoms with Gasteiger partial charge in [-0.1, -0.05) is 36.4 Å². The highest BCUT2D eigenvalue weighted by molar-refractivity contribution is 5.98. The molecular weight excluding hydrogens is 316 g/mol. The van der Waals surface area contributed by atoms with Gasteiger partial charge in [0.1, 0.15) is 0 Å². The van der Waals surface area contributed by atoms with Crippen LogP contribution in [0.25, 0.3) is 0 Å². The average molecular weight is 338 g/mol. The molecule has 3 rings (SSSR count). The van der Waals surface area contributed by atoms with Gasteiger partial charge in [0.05, 0.1) is 0 Å². The Morgan fingerprint density at radius 1 is 1.04 bits per heavy atom. The number of aromatic nitrogens is 1. The second kappa shape index (κ2) is 7.92. The Morgan fingerprint density at radius 2 is 1.80 bits per heavy atom. The first-order chi connectivity index (χ1) is 12.1. The molecule has 1 aromatic carbocycles. The summed E-state index contributed by atoms with van der Waals surface area (Å²) >= 11 is 0. The molecule has 0 aliphatic carbocycles. The van der Waals surface area contributed by atoms with E-state index < -0.39 is 0 Å². The van der Waals surface area contributed by atoms with E-state index in [4.69, 9.17) is 0 Å². The number of carbonyl (C=O) groups excluding carboxylic acids is 2. The number of pyridine rings is 1. The zero-order valence-electron chi connectivity index (χ0n) is 14.1. The fourth-order valence-corrected chi connectivity index (χ4v) is 3.28. The van der Waals surface area contributed by atoms with Gasteiger partial charge in [-0.15, -0.1) is 0 Å². The summed E-state index contributed by atoms with van der Waals surface area (Å²) in [5.74, 6) is -0.0294. The third-order valence-corrected chi connectivity index (χ3v) is 4.67. The number of piperidine rings is 1. The van der Waals surface area contributed by atoms with E-state index >= 15 is 0 Å². The summed E-state index contributed by atoms with van der Waals surface area (Å²) in [5, 5.41) is 0. The van der Waals surface area contributed by atoms with E-state index in [9.17, 15) is 14.4 Å². The number of hydrogen-bond acceptors (Lipinski definition) is 3. The van der Waals surface area contributed by atoms with E-state index in [1.807, 2.05) is 30.3 Å². The number of Topliss-reactive ketones (excluding diaryl/α,β-unsaturated/α-hetero) is 1. The second-order valence-electron chi connectivity index (χ2n) is 6.39. The lowest BCUT2D eigenvalue weighted by molar-refractivity contribution is -0.132. The normalized spacial score (nSPS) is 17.3. The van der Waals surface area contributed by atoms with E-state index in [1.165, 1.54) is 10.6 Å². The van der Waals surface area contributed by atoms with E-state index in [0.29, 0.717) is 25.2 Å². The predicted molar refractivity (Wildman–Crippen MR) is 95.4 cm³/mol. The van der Waals surface area contributed by atoms with Crippen molar-refractivity contribution < 1.29 is 9.59 Å². The van der Waals surface area contributed by atoms with Gasteiger partial charge in [-0.2, -0.15) is 0 Å². The van der Waals surface area contributed by atoms with Crippen LogP contribution in [0.4, 0.5) is 0 Å². The molecule has 1 fully saturated rings. The molecule has 2 heterocycles. The molecule has 1 aliphatic rings. The minimum absolute atomic E-state index is 0.00122. The summed E-state index contributed by atoms with van der Waals surface area (Å²) in [6.45, 7) is 1.52. The lowest BCUT2D eigenvalue weighted by Crippen LogP contribution is -2.42. The van der Waals surface area contributed by atoms with Crippen LogP contribution < -0.4 is 5.56 Å². The van der Waals surface area contributed by atoms with Crippen LogP contribution in [-0.2, 0) is 11.3 Å². The van der Waals surface area contributed by atoms with Crippen molar-refractivity contribution in [1.82, 2.24) is 9.47 Å². The van der Waals surface area contributed by atoms with Crippen molar-refractivity contribution in [2.75, 3.05) is 13.1 Å². The fraction of sp³-hybridized carbons (Fsp3) is 0.350. The molecule has 0 N–H and O–H groups in total. The first-order valence-corrected chi connectivity index (χ1v) is 8.67. The largest absolute Gasteiger partial charge is 0.342 e. The lowest BCUT2D eigenvalue weighted by Gasteiger charge is -2.32. The summed E-state index contributed by atoms with van der Waals surface area (Å²) in [4.78, 5) is 38.6. The van der Waals surface area contributed by atoms with Crippen molar-refractivity contribution in [3.8, 4) is 0 Å². The Kier molecular flexibility index (Phi) is 5.43. The molecule has 5 nitrogen and oxygen atoms in total. The second-order valence-corrected chi connectivity index (χ2v) is 6.39. The van der Waals surface area contributed by atoms with Crippen molar-refractivity contribution in [3.05, 3.63) is 70.6 Å². The number of amides is 1. The quantitative estimate of drug-likeness (QED) is 0.787. The maximum atomic E-state index is 12.6. The summed E-state index contributed by atoms with van der Waals surface area (Å²) in [5.41, 5.74) is 0.601. The number of nitrogens with zero attached hydrogens (tertiary/aromatic N) is 2. The van der Waals surface area contributed by atoms with Crippen molar-refractivity contribution >= 4 is 11.7 Å².